The summed E-state index contributed by atoms with van der Waals surface area (Å²) in [6.45, 7) is 0. The van der Waals surface area contributed by atoms with Crippen LogP contribution >= 0.6 is 0 Å². The fraction of sp³-hybridized carbons (Fsp3) is 0.111. The standard InChI is InChI=1S/C9H7FO5S/c10-16(14,15)8(9(12)13)7(11)6-4-2-1-3-5-6/h1-5,8H,(H,12,13). The van der Waals surface area contributed by atoms with E-state index < -0.39 is 27.2 Å². The SMILES string of the molecule is O=C(O)C(C(=O)c1ccccc1)S(=O)(=O)F. The summed E-state index contributed by atoms with van der Waals surface area (Å²) in [7, 11) is -5.46. The van der Waals surface area contributed by atoms with Crippen LogP contribution in [-0.4, -0.2) is 30.5 Å². The summed E-state index contributed by atoms with van der Waals surface area (Å²) in [5, 5.41) is 5.80. The number of carbonyl (C=O) groups is 2. The van der Waals surface area contributed by atoms with E-state index >= 15 is 0 Å². The zero-order valence-corrected chi connectivity index (χ0v) is 8.65. The van der Waals surface area contributed by atoms with Crippen LogP contribution in [0.5, 0.6) is 0 Å². The van der Waals surface area contributed by atoms with Crippen LogP contribution in [0.4, 0.5) is 3.89 Å². The molecule has 0 heterocycles. The van der Waals surface area contributed by atoms with Crippen LogP contribution < -0.4 is 0 Å². The van der Waals surface area contributed by atoms with Gasteiger partial charge in [-0.15, -0.1) is 3.89 Å². The molecule has 1 aromatic carbocycles. The van der Waals surface area contributed by atoms with Crippen molar-refractivity contribution in [2.45, 2.75) is 5.25 Å². The lowest BCUT2D eigenvalue weighted by Gasteiger charge is -2.06. The molecule has 7 heteroatoms. The molecular weight excluding hydrogens is 239 g/mol. The number of benzene rings is 1. The molecule has 5 nitrogen and oxygen atoms in total. The van der Waals surface area contributed by atoms with Gasteiger partial charge in [-0.1, -0.05) is 30.3 Å². The summed E-state index contributed by atoms with van der Waals surface area (Å²) in [6, 6.07) is 6.80. The molecule has 86 valence electrons. The van der Waals surface area contributed by atoms with Crippen molar-refractivity contribution < 1.29 is 27.0 Å². The van der Waals surface area contributed by atoms with Crippen LogP contribution in [0.25, 0.3) is 0 Å². The second-order valence-corrected chi connectivity index (χ2v) is 4.35. The van der Waals surface area contributed by atoms with E-state index in [9.17, 15) is 21.9 Å². The Hall–Kier alpha value is -1.76. The maximum Gasteiger partial charge on any atom is 0.332 e. The Kier molecular flexibility index (Phi) is 3.38. The Morgan fingerprint density at radius 3 is 2.06 bits per heavy atom. The average Bonchev–Trinajstić information content (AvgIpc) is 2.16. The van der Waals surface area contributed by atoms with Crippen molar-refractivity contribution >= 4 is 22.0 Å². The van der Waals surface area contributed by atoms with E-state index in [2.05, 4.69) is 0 Å². The Labute approximate surface area is 90.7 Å². The van der Waals surface area contributed by atoms with Crippen molar-refractivity contribution in [3.8, 4) is 0 Å². The molecule has 0 saturated carbocycles. The van der Waals surface area contributed by atoms with E-state index in [1.54, 1.807) is 6.07 Å². The van der Waals surface area contributed by atoms with Crippen molar-refractivity contribution in [3.05, 3.63) is 35.9 Å². The van der Waals surface area contributed by atoms with Gasteiger partial charge in [0.2, 0.25) is 5.25 Å². The van der Waals surface area contributed by atoms with Gasteiger partial charge in [0.25, 0.3) is 0 Å². The van der Waals surface area contributed by atoms with E-state index in [-0.39, 0.29) is 5.56 Å². The number of carbonyl (C=O) groups excluding carboxylic acids is 1. The van der Waals surface area contributed by atoms with Gasteiger partial charge in [-0.05, 0) is 0 Å². The Balaban J connectivity index is 3.18. The molecule has 0 aliphatic rings. The summed E-state index contributed by atoms with van der Waals surface area (Å²) in [4.78, 5) is 22.0. The van der Waals surface area contributed by atoms with Crippen LogP contribution in [0.2, 0.25) is 0 Å². The minimum absolute atomic E-state index is 0.170. The van der Waals surface area contributed by atoms with Crippen LogP contribution in [0.15, 0.2) is 30.3 Å². The number of Topliss-reactive ketones (excluding diaryl/α,β-unsaturated/α-hetero) is 1. The minimum atomic E-state index is -5.46. The third kappa shape index (κ3) is 2.63. The average molecular weight is 246 g/mol. The summed E-state index contributed by atoms with van der Waals surface area (Å²) in [5.74, 6) is -3.33. The van der Waals surface area contributed by atoms with Crippen LogP contribution in [0, 0.1) is 0 Å². The van der Waals surface area contributed by atoms with E-state index in [0.717, 1.165) is 0 Å². The molecule has 1 unspecified atom stereocenters. The zero-order valence-electron chi connectivity index (χ0n) is 7.83. The third-order valence-electron chi connectivity index (χ3n) is 1.80. The molecule has 0 aliphatic carbocycles. The van der Waals surface area contributed by atoms with Crippen LogP contribution in [-0.2, 0) is 15.0 Å². The number of hydrogen-bond acceptors (Lipinski definition) is 4. The van der Waals surface area contributed by atoms with Crippen molar-refractivity contribution in [1.82, 2.24) is 0 Å². The molecule has 0 bridgehead atoms. The molecule has 0 amide bonds. The molecule has 0 fully saturated rings. The maximum absolute atomic E-state index is 12.6. The van der Waals surface area contributed by atoms with Crippen molar-refractivity contribution in [1.29, 1.82) is 0 Å². The molecule has 1 aromatic rings. The molecule has 1 atom stereocenters. The zero-order chi connectivity index (χ0) is 12.3. The highest BCUT2D eigenvalue weighted by atomic mass is 32.3. The van der Waals surface area contributed by atoms with E-state index in [1.165, 1.54) is 24.3 Å². The van der Waals surface area contributed by atoms with Crippen molar-refractivity contribution in [2.75, 3.05) is 0 Å². The molecule has 0 aliphatic heterocycles. The van der Waals surface area contributed by atoms with Crippen LogP contribution in [0.3, 0.4) is 0 Å². The summed E-state index contributed by atoms with van der Waals surface area (Å²) in [5.41, 5.74) is -0.170. The largest absolute Gasteiger partial charge is 0.480 e. The predicted molar refractivity (Wildman–Crippen MR) is 52.2 cm³/mol. The molecule has 0 saturated heterocycles. The van der Waals surface area contributed by atoms with Gasteiger partial charge in [-0.25, -0.2) is 0 Å². The van der Waals surface area contributed by atoms with E-state index in [0.29, 0.717) is 0 Å². The number of aliphatic carboxylic acids is 1. The summed E-state index contributed by atoms with van der Waals surface area (Å²) < 4.78 is 33.6. The Morgan fingerprint density at radius 1 is 1.19 bits per heavy atom. The molecule has 1 N–H and O–H groups in total. The first-order valence-corrected chi connectivity index (χ1v) is 5.54. The lowest BCUT2D eigenvalue weighted by molar-refractivity contribution is -0.135. The second-order valence-electron chi connectivity index (χ2n) is 2.92. The van der Waals surface area contributed by atoms with Gasteiger partial charge in [-0.2, -0.15) is 8.42 Å². The number of hydrogen-bond donors (Lipinski definition) is 1. The highest BCUT2D eigenvalue weighted by Crippen LogP contribution is 2.12. The lowest BCUT2D eigenvalue weighted by atomic mass is 10.1. The second kappa shape index (κ2) is 4.40. The number of carboxylic acid groups (broad SMARTS) is 1. The molecule has 1 rings (SSSR count). The van der Waals surface area contributed by atoms with E-state index in [4.69, 9.17) is 5.11 Å². The molecule has 16 heavy (non-hydrogen) atoms. The minimum Gasteiger partial charge on any atom is -0.480 e. The molecular formula is C9H7FO5S. The van der Waals surface area contributed by atoms with Gasteiger partial charge < -0.3 is 5.11 Å². The fourth-order valence-electron chi connectivity index (χ4n) is 1.11. The topological polar surface area (TPSA) is 88.5 Å². The third-order valence-corrected chi connectivity index (χ3v) is 2.78. The van der Waals surface area contributed by atoms with Gasteiger partial charge in [0, 0.05) is 5.56 Å². The van der Waals surface area contributed by atoms with Gasteiger partial charge in [-0.3, -0.25) is 9.59 Å². The maximum atomic E-state index is 12.6. The van der Waals surface area contributed by atoms with Gasteiger partial charge in [0.1, 0.15) is 0 Å². The van der Waals surface area contributed by atoms with Gasteiger partial charge in [0.15, 0.2) is 5.78 Å². The fourth-order valence-corrected chi connectivity index (χ4v) is 1.75. The summed E-state index contributed by atoms with van der Waals surface area (Å²) in [6.07, 6.45) is 0. The van der Waals surface area contributed by atoms with Gasteiger partial charge >= 0.3 is 16.2 Å². The highest BCUT2D eigenvalue weighted by Gasteiger charge is 2.40. The molecule has 0 radical (unpaired) electrons. The first kappa shape index (κ1) is 12.3. The molecule has 0 aromatic heterocycles. The van der Waals surface area contributed by atoms with Crippen LogP contribution in [0.1, 0.15) is 10.4 Å². The smallest absolute Gasteiger partial charge is 0.332 e. The van der Waals surface area contributed by atoms with E-state index in [1.807, 2.05) is 0 Å². The van der Waals surface area contributed by atoms with Crippen molar-refractivity contribution in [2.24, 2.45) is 0 Å². The first-order valence-electron chi connectivity index (χ1n) is 4.09. The van der Waals surface area contributed by atoms with Crippen molar-refractivity contribution in [3.63, 3.8) is 0 Å². The lowest BCUT2D eigenvalue weighted by Crippen LogP contribution is -2.35. The normalized spacial score (nSPS) is 13.1. The Bertz CT molecular complexity index is 508. The molecule has 0 spiro atoms. The van der Waals surface area contributed by atoms with Gasteiger partial charge in [0.05, 0.1) is 0 Å². The predicted octanol–water partition coefficient (Wildman–Crippen LogP) is 0.622. The Morgan fingerprint density at radius 2 is 1.69 bits per heavy atom. The highest BCUT2D eigenvalue weighted by molar-refractivity contribution is 7.88. The quantitative estimate of drug-likeness (QED) is 0.478. The number of carboxylic acids is 1. The number of halogens is 1. The monoisotopic (exact) mass is 246 g/mol. The number of rotatable bonds is 4. The summed E-state index contributed by atoms with van der Waals surface area (Å²) >= 11 is 0. The first-order chi connectivity index (χ1) is 7.34. The number of ketones is 1.